The van der Waals surface area contributed by atoms with E-state index < -0.39 is 10.9 Å². The number of furan rings is 1. The molecule has 0 fully saturated rings. The van der Waals surface area contributed by atoms with E-state index in [4.69, 9.17) is 32.4 Å². The number of nitrogens with zero attached hydrogens (tertiary/aromatic N) is 2. The predicted molar refractivity (Wildman–Crippen MR) is 134 cm³/mol. The number of halogens is 2. The summed E-state index contributed by atoms with van der Waals surface area (Å²) in [5, 5.41) is 15.5. The summed E-state index contributed by atoms with van der Waals surface area (Å²) in [6.45, 7) is 0.0161. The molecule has 1 aromatic heterocycles. The van der Waals surface area contributed by atoms with E-state index in [1.165, 1.54) is 18.3 Å². The van der Waals surface area contributed by atoms with Crippen LogP contribution in [0.15, 0.2) is 88.4 Å². The lowest BCUT2D eigenvalue weighted by molar-refractivity contribution is -0.384. The summed E-state index contributed by atoms with van der Waals surface area (Å²) in [6.07, 6.45) is 1.46. The van der Waals surface area contributed by atoms with E-state index in [1.807, 2.05) is 6.07 Å². The Morgan fingerprint density at radius 3 is 2.54 bits per heavy atom. The summed E-state index contributed by atoms with van der Waals surface area (Å²) in [7, 11) is 0. The van der Waals surface area contributed by atoms with Crippen molar-refractivity contribution < 1.29 is 18.9 Å². The molecule has 0 radical (unpaired) electrons. The third kappa shape index (κ3) is 6.06. The number of benzene rings is 3. The number of nitro groups is 1. The predicted octanol–water partition coefficient (Wildman–Crippen LogP) is 6.96. The van der Waals surface area contributed by atoms with Crippen molar-refractivity contribution in [1.29, 1.82) is 0 Å². The normalized spacial score (nSPS) is 10.9. The molecule has 0 atom stereocenters. The molecule has 0 aliphatic heterocycles. The van der Waals surface area contributed by atoms with Crippen molar-refractivity contribution in [1.82, 2.24) is 0 Å². The van der Waals surface area contributed by atoms with Crippen LogP contribution in [0, 0.1) is 10.1 Å². The van der Waals surface area contributed by atoms with Gasteiger partial charge in [0.15, 0.2) is 0 Å². The van der Waals surface area contributed by atoms with Crippen LogP contribution in [-0.2, 0) is 11.3 Å². The first-order chi connectivity index (χ1) is 16.9. The van der Waals surface area contributed by atoms with Gasteiger partial charge in [-0.1, -0.05) is 41.4 Å². The topological polar surface area (TPSA) is 107 Å². The molecule has 0 saturated heterocycles. The minimum atomic E-state index is -0.586. The fourth-order valence-corrected chi connectivity index (χ4v) is 3.46. The molecule has 1 heterocycles. The van der Waals surface area contributed by atoms with Crippen molar-refractivity contribution in [2.75, 3.05) is 5.43 Å². The third-order valence-electron chi connectivity index (χ3n) is 4.88. The van der Waals surface area contributed by atoms with Crippen LogP contribution in [0.5, 0.6) is 0 Å². The Kier molecular flexibility index (Phi) is 7.45. The molecule has 8 nitrogen and oxygen atoms in total. The quantitative estimate of drug-likeness (QED) is 0.119. The summed E-state index contributed by atoms with van der Waals surface area (Å²) in [4.78, 5) is 22.9. The standard InChI is InChI=1S/C25H17Cl2N3O5/c26-22-4-2-1-3-17(22)15-34-25(31)21-13-16(5-11-23(21)27)24-12-10-20(35-24)14-28-29-18-6-8-19(9-7-18)30(32)33/h1-14,29H,15H2. The van der Waals surface area contributed by atoms with Crippen LogP contribution in [0.1, 0.15) is 21.7 Å². The second kappa shape index (κ2) is 10.9. The van der Waals surface area contributed by atoms with E-state index >= 15 is 0 Å². The summed E-state index contributed by atoms with van der Waals surface area (Å²) in [5.74, 6) is 0.364. The number of nitro benzene ring substituents is 1. The fourth-order valence-electron chi connectivity index (χ4n) is 3.08. The molecule has 0 saturated carbocycles. The van der Waals surface area contributed by atoms with E-state index in [0.29, 0.717) is 33.4 Å². The molecular weight excluding hydrogens is 493 g/mol. The van der Waals surface area contributed by atoms with Crippen molar-refractivity contribution in [2.24, 2.45) is 5.10 Å². The van der Waals surface area contributed by atoms with Crippen LogP contribution in [0.2, 0.25) is 10.0 Å². The minimum Gasteiger partial charge on any atom is -0.457 e. The molecule has 0 aliphatic carbocycles. The number of nitrogens with one attached hydrogen (secondary N) is 1. The number of carbonyl (C=O) groups excluding carboxylic acids is 1. The van der Waals surface area contributed by atoms with Crippen LogP contribution in [0.4, 0.5) is 11.4 Å². The fraction of sp³-hybridized carbons (Fsp3) is 0.0400. The van der Waals surface area contributed by atoms with Gasteiger partial charge in [0, 0.05) is 28.3 Å². The highest BCUT2D eigenvalue weighted by atomic mass is 35.5. The summed E-state index contributed by atoms with van der Waals surface area (Å²) in [6, 6.07) is 21.3. The summed E-state index contributed by atoms with van der Waals surface area (Å²) < 4.78 is 11.2. The molecule has 4 rings (SSSR count). The maximum absolute atomic E-state index is 12.6. The van der Waals surface area contributed by atoms with Gasteiger partial charge in [-0.2, -0.15) is 5.10 Å². The Hall–Kier alpha value is -4.14. The van der Waals surface area contributed by atoms with Gasteiger partial charge in [0.1, 0.15) is 18.1 Å². The average Bonchev–Trinajstić information content (AvgIpc) is 3.33. The van der Waals surface area contributed by atoms with Gasteiger partial charge in [0.2, 0.25) is 0 Å². The number of hydrogen-bond donors (Lipinski definition) is 1. The molecule has 10 heteroatoms. The number of hydrogen-bond acceptors (Lipinski definition) is 7. The highest BCUT2D eigenvalue weighted by Crippen LogP contribution is 2.28. The van der Waals surface area contributed by atoms with Crippen molar-refractivity contribution in [3.63, 3.8) is 0 Å². The zero-order valence-corrected chi connectivity index (χ0v) is 19.5. The Balaban J connectivity index is 1.42. The zero-order valence-electron chi connectivity index (χ0n) is 18.0. The van der Waals surface area contributed by atoms with E-state index in [0.717, 1.165) is 0 Å². The Morgan fingerprint density at radius 1 is 1.03 bits per heavy atom. The third-order valence-corrected chi connectivity index (χ3v) is 5.58. The van der Waals surface area contributed by atoms with Gasteiger partial charge in [-0.15, -0.1) is 0 Å². The molecule has 4 aromatic rings. The van der Waals surface area contributed by atoms with E-state index in [1.54, 1.807) is 60.7 Å². The first-order valence-corrected chi connectivity index (χ1v) is 11.0. The molecule has 0 aliphatic rings. The van der Waals surface area contributed by atoms with Crippen molar-refractivity contribution >= 4 is 46.8 Å². The lowest BCUT2D eigenvalue weighted by Gasteiger charge is -2.09. The number of rotatable bonds is 8. The number of esters is 1. The SMILES string of the molecule is O=C(OCc1ccccc1Cl)c1cc(-c2ccc(C=NNc3ccc([N+](=O)[O-])cc3)o2)ccc1Cl. The number of anilines is 1. The Morgan fingerprint density at radius 2 is 1.80 bits per heavy atom. The second-order valence-electron chi connectivity index (χ2n) is 7.24. The molecule has 176 valence electrons. The first kappa shape index (κ1) is 24.0. The molecule has 0 unspecified atom stereocenters. The molecule has 0 bridgehead atoms. The van der Waals surface area contributed by atoms with E-state index in [2.05, 4.69) is 10.5 Å². The highest BCUT2D eigenvalue weighted by molar-refractivity contribution is 6.33. The van der Waals surface area contributed by atoms with Gasteiger partial charge >= 0.3 is 5.97 Å². The van der Waals surface area contributed by atoms with Crippen LogP contribution in [0.3, 0.4) is 0 Å². The molecule has 35 heavy (non-hydrogen) atoms. The molecule has 0 amide bonds. The van der Waals surface area contributed by atoms with Crippen LogP contribution >= 0.6 is 23.2 Å². The van der Waals surface area contributed by atoms with Gasteiger partial charge in [-0.25, -0.2) is 4.79 Å². The maximum atomic E-state index is 12.6. The van der Waals surface area contributed by atoms with Gasteiger partial charge in [-0.3, -0.25) is 15.5 Å². The highest BCUT2D eigenvalue weighted by Gasteiger charge is 2.15. The number of hydrazone groups is 1. The van der Waals surface area contributed by atoms with Crippen LogP contribution < -0.4 is 5.43 Å². The number of ether oxygens (including phenoxy) is 1. The smallest absolute Gasteiger partial charge is 0.340 e. The second-order valence-corrected chi connectivity index (χ2v) is 8.05. The first-order valence-electron chi connectivity index (χ1n) is 10.2. The Bertz CT molecular complexity index is 1400. The number of non-ortho nitro benzene ring substituents is 1. The minimum absolute atomic E-state index is 0.00900. The molecule has 1 N–H and O–H groups in total. The maximum Gasteiger partial charge on any atom is 0.340 e. The summed E-state index contributed by atoms with van der Waals surface area (Å²) >= 11 is 12.3. The van der Waals surface area contributed by atoms with Gasteiger partial charge < -0.3 is 9.15 Å². The molecule has 3 aromatic carbocycles. The van der Waals surface area contributed by atoms with E-state index in [9.17, 15) is 14.9 Å². The monoisotopic (exact) mass is 509 g/mol. The largest absolute Gasteiger partial charge is 0.457 e. The van der Waals surface area contributed by atoms with Crippen LogP contribution in [-0.4, -0.2) is 17.1 Å². The van der Waals surface area contributed by atoms with Crippen molar-refractivity contribution in [3.8, 4) is 11.3 Å². The van der Waals surface area contributed by atoms with Gasteiger partial charge in [0.05, 0.1) is 27.4 Å². The molecule has 0 spiro atoms. The van der Waals surface area contributed by atoms with Crippen molar-refractivity contribution in [2.45, 2.75) is 6.61 Å². The van der Waals surface area contributed by atoms with E-state index in [-0.39, 0.29) is 22.9 Å². The van der Waals surface area contributed by atoms with Gasteiger partial charge in [0.25, 0.3) is 5.69 Å². The lowest BCUT2D eigenvalue weighted by atomic mass is 10.1. The zero-order chi connectivity index (χ0) is 24.8. The van der Waals surface area contributed by atoms with Crippen molar-refractivity contribution in [3.05, 3.63) is 116 Å². The average molecular weight is 510 g/mol. The Labute approximate surface area is 209 Å². The number of carbonyl (C=O) groups is 1. The van der Waals surface area contributed by atoms with Crippen LogP contribution in [0.25, 0.3) is 11.3 Å². The summed E-state index contributed by atoms with van der Waals surface area (Å²) in [5.41, 5.74) is 4.85. The lowest BCUT2D eigenvalue weighted by Crippen LogP contribution is -2.06. The molecular formula is C25H17Cl2N3O5. The van der Waals surface area contributed by atoms with Gasteiger partial charge in [-0.05, 0) is 48.5 Å².